The summed E-state index contributed by atoms with van der Waals surface area (Å²) in [4.78, 5) is 0. The molecule has 0 saturated carbocycles. The van der Waals surface area contributed by atoms with Crippen LogP contribution in [-0.2, 0) is 0 Å². The van der Waals surface area contributed by atoms with Gasteiger partial charge in [-0.25, -0.2) is 4.39 Å². The van der Waals surface area contributed by atoms with Gasteiger partial charge < -0.3 is 10.8 Å². The first-order valence-corrected chi connectivity index (χ1v) is 4.98. The van der Waals surface area contributed by atoms with E-state index < -0.39 is 11.9 Å². The van der Waals surface area contributed by atoms with Gasteiger partial charge >= 0.3 is 0 Å². The van der Waals surface area contributed by atoms with Gasteiger partial charge in [-0.1, -0.05) is 26.8 Å². The lowest BCUT2D eigenvalue weighted by Gasteiger charge is -2.28. The van der Waals surface area contributed by atoms with Crippen LogP contribution < -0.4 is 5.73 Å². The van der Waals surface area contributed by atoms with Gasteiger partial charge in [0.05, 0.1) is 0 Å². The maximum absolute atomic E-state index is 13.6. The van der Waals surface area contributed by atoms with Gasteiger partial charge in [-0.05, 0) is 24.0 Å². The summed E-state index contributed by atoms with van der Waals surface area (Å²) in [6.45, 7) is 7.48. The van der Waals surface area contributed by atoms with Crippen molar-refractivity contribution < 1.29 is 9.50 Å². The highest BCUT2D eigenvalue weighted by Crippen LogP contribution is 2.37. The molecule has 2 nitrogen and oxygen atoms in total. The summed E-state index contributed by atoms with van der Waals surface area (Å²) in [6, 6.07) is 2.37. The number of hydrogen-bond donors (Lipinski definition) is 2. The van der Waals surface area contributed by atoms with Crippen LogP contribution in [0.4, 0.5) is 4.39 Å². The first-order chi connectivity index (χ1) is 6.75. The first kappa shape index (κ1) is 12.0. The molecule has 0 aromatic heterocycles. The summed E-state index contributed by atoms with van der Waals surface area (Å²) in [6.07, 6.45) is 0. The van der Waals surface area contributed by atoms with Gasteiger partial charge in [-0.3, -0.25) is 0 Å². The molecule has 0 fully saturated rings. The lowest BCUT2D eigenvalue weighted by molar-refractivity contribution is 0.308. The van der Waals surface area contributed by atoms with Crippen LogP contribution in [0.3, 0.4) is 0 Å². The van der Waals surface area contributed by atoms with Gasteiger partial charge in [0.25, 0.3) is 0 Å². The zero-order valence-corrected chi connectivity index (χ0v) is 9.63. The molecule has 1 rings (SSSR count). The van der Waals surface area contributed by atoms with Gasteiger partial charge in [0, 0.05) is 11.6 Å². The van der Waals surface area contributed by atoms with E-state index in [1.165, 1.54) is 6.07 Å². The van der Waals surface area contributed by atoms with E-state index in [0.29, 0.717) is 5.56 Å². The highest BCUT2D eigenvalue weighted by atomic mass is 19.1. The lowest BCUT2D eigenvalue weighted by atomic mass is 9.82. The highest BCUT2D eigenvalue weighted by molar-refractivity contribution is 5.42. The van der Waals surface area contributed by atoms with Crippen molar-refractivity contribution in [3.8, 4) is 5.75 Å². The van der Waals surface area contributed by atoms with Crippen molar-refractivity contribution >= 4 is 0 Å². The molecule has 0 radical (unpaired) electrons. The smallest absolute Gasteiger partial charge is 0.131 e. The summed E-state index contributed by atoms with van der Waals surface area (Å²) >= 11 is 0. The zero-order chi connectivity index (χ0) is 11.8. The molecule has 1 atom stereocenters. The summed E-state index contributed by atoms with van der Waals surface area (Å²) in [5, 5.41) is 9.79. The average molecular weight is 211 g/mol. The minimum absolute atomic E-state index is 0.0302. The third kappa shape index (κ3) is 2.29. The van der Waals surface area contributed by atoms with E-state index in [4.69, 9.17) is 5.73 Å². The van der Waals surface area contributed by atoms with Crippen LogP contribution in [0.25, 0.3) is 0 Å². The van der Waals surface area contributed by atoms with Gasteiger partial charge in [0.2, 0.25) is 0 Å². The van der Waals surface area contributed by atoms with Crippen molar-refractivity contribution in [2.24, 2.45) is 11.1 Å². The van der Waals surface area contributed by atoms with Crippen molar-refractivity contribution in [2.45, 2.75) is 33.7 Å². The molecule has 0 saturated heterocycles. The Labute approximate surface area is 89.9 Å². The molecule has 1 aromatic rings. The minimum atomic E-state index is -0.516. The molecule has 0 unspecified atom stereocenters. The number of aromatic hydroxyl groups is 1. The number of hydrogen-bond acceptors (Lipinski definition) is 2. The van der Waals surface area contributed by atoms with E-state index in [9.17, 15) is 9.50 Å². The van der Waals surface area contributed by atoms with Gasteiger partial charge in [0.1, 0.15) is 11.6 Å². The molecule has 3 heteroatoms. The van der Waals surface area contributed by atoms with E-state index >= 15 is 0 Å². The fourth-order valence-corrected chi connectivity index (χ4v) is 1.42. The lowest BCUT2D eigenvalue weighted by Crippen LogP contribution is -2.27. The molecule has 0 aliphatic heterocycles. The summed E-state index contributed by atoms with van der Waals surface area (Å²) in [5.74, 6) is -0.474. The van der Waals surface area contributed by atoms with E-state index in [2.05, 4.69) is 0 Å². The van der Waals surface area contributed by atoms with Crippen LogP contribution in [-0.4, -0.2) is 5.11 Å². The van der Waals surface area contributed by atoms with Crippen molar-refractivity contribution in [3.63, 3.8) is 0 Å². The molecular formula is C12H18FNO. The van der Waals surface area contributed by atoms with Crippen molar-refractivity contribution in [1.29, 1.82) is 0 Å². The van der Waals surface area contributed by atoms with E-state index in [1.807, 2.05) is 20.8 Å². The fourth-order valence-electron chi connectivity index (χ4n) is 1.42. The molecule has 1 aromatic carbocycles. The largest absolute Gasteiger partial charge is 0.507 e. The molecule has 0 aliphatic rings. The molecule has 84 valence electrons. The maximum Gasteiger partial charge on any atom is 0.131 e. The Morgan fingerprint density at radius 3 is 2.33 bits per heavy atom. The highest BCUT2D eigenvalue weighted by Gasteiger charge is 2.28. The normalized spacial score (nSPS) is 14.0. The van der Waals surface area contributed by atoms with E-state index in [1.54, 1.807) is 13.0 Å². The molecule has 0 amide bonds. The monoisotopic (exact) mass is 211 g/mol. The molecule has 0 bridgehead atoms. The molecule has 3 N–H and O–H groups in total. The number of aryl methyl sites for hydroxylation is 1. The SMILES string of the molecule is Cc1ccc(F)c([C@@H](N)C(C)(C)C)c1O. The third-order valence-corrected chi connectivity index (χ3v) is 2.61. The number of halogens is 1. The quantitative estimate of drug-likeness (QED) is 0.750. The van der Waals surface area contributed by atoms with Crippen molar-refractivity contribution in [2.75, 3.05) is 0 Å². The average Bonchev–Trinajstić information content (AvgIpc) is 2.10. The molecule has 0 aliphatic carbocycles. The van der Waals surface area contributed by atoms with Gasteiger partial charge in [-0.15, -0.1) is 0 Å². The van der Waals surface area contributed by atoms with E-state index in [0.717, 1.165) is 0 Å². The Morgan fingerprint density at radius 1 is 1.33 bits per heavy atom. The summed E-state index contributed by atoms with van der Waals surface area (Å²) < 4.78 is 13.6. The second-order valence-electron chi connectivity index (χ2n) is 4.97. The number of phenols is 1. The van der Waals surface area contributed by atoms with Crippen molar-refractivity contribution in [1.82, 2.24) is 0 Å². The van der Waals surface area contributed by atoms with Crippen LogP contribution in [0.2, 0.25) is 0 Å². The third-order valence-electron chi connectivity index (χ3n) is 2.61. The summed E-state index contributed by atoms with van der Waals surface area (Å²) in [5.41, 5.74) is 6.51. The first-order valence-electron chi connectivity index (χ1n) is 4.98. The van der Waals surface area contributed by atoms with Crippen LogP contribution in [0.15, 0.2) is 12.1 Å². The number of phenolic OH excluding ortho intramolecular Hbond substituents is 1. The Hall–Kier alpha value is -1.09. The van der Waals surface area contributed by atoms with Crippen LogP contribution in [0.1, 0.15) is 37.9 Å². The molecule has 0 spiro atoms. The Bertz CT molecular complexity index is 369. The van der Waals surface area contributed by atoms with Crippen LogP contribution in [0, 0.1) is 18.2 Å². The predicted octanol–water partition coefficient (Wildman–Crippen LogP) is 2.89. The zero-order valence-electron chi connectivity index (χ0n) is 9.63. The number of nitrogens with two attached hydrogens (primary N) is 1. The maximum atomic E-state index is 13.6. The Kier molecular flexibility index (Phi) is 3.05. The second kappa shape index (κ2) is 3.81. The van der Waals surface area contributed by atoms with Crippen LogP contribution in [0.5, 0.6) is 5.75 Å². The van der Waals surface area contributed by atoms with Crippen LogP contribution >= 0.6 is 0 Å². The topological polar surface area (TPSA) is 46.2 Å². The van der Waals surface area contributed by atoms with Crippen molar-refractivity contribution in [3.05, 3.63) is 29.1 Å². The van der Waals surface area contributed by atoms with E-state index in [-0.39, 0.29) is 16.7 Å². The Balaban J connectivity index is 3.31. The number of rotatable bonds is 1. The Morgan fingerprint density at radius 2 is 1.87 bits per heavy atom. The molecular weight excluding hydrogens is 193 g/mol. The fraction of sp³-hybridized carbons (Fsp3) is 0.500. The van der Waals surface area contributed by atoms with Gasteiger partial charge in [-0.2, -0.15) is 0 Å². The number of benzene rings is 1. The standard InChI is InChI=1S/C12H18FNO/c1-7-5-6-8(13)9(10(7)15)11(14)12(2,3)4/h5-6,11,15H,14H2,1-4H3/t11-/m1/s1. The predicted molar refractivity (Wildman–Crippen MR) is 59.2 cm³/mol. The minimum Gasteiger partial charge on any atom is -0.507 e. The molecule has 15 heavy (non-hydrogen) atoms. The second-order valence-corrected chi connectivity index (χ2v) is 4.97. The summed E-state index contributed by atoms with van der Waals surface area (Å²) in [7, 11) is 0. The van der Waals surface area contributed by atoms with Gasteiger partial charge in [0.15, 0.2) is 0 Å². The molecule has 0 heterocycles.